The van der Waals surface area contributed by atoms with Crippen molar-refractivity contribution in [1.29, 1.82) is 0 Å². The summed E-state index contributed by atoms with van der Waals surface area (Å²) in [4.78, 5) is 21.3. The number of ether oxygens (including phenoxy) is 1. The third kappa shape index (κ3) is 5.46. The van der Waals surface area contributed by atoms with Crippen molar-refractivity contribution < 1.29 is 14.6 Å². The number of carbonyl (C=O) groups excluding carboxylic acids is 1. The van der Waals surface area contributed by atoms with Crippen molar-refractivity contribution in [3.05, 3.63) is 42.5 Å². The van der Waals surface area contributed by atoms with E-state index in [1.165, 1.54) is 0 Å². The van der Waals surface area contributed by atoms with Gasteiger partial charge in [-0.1, -0.05) is 18.2 Å². The van der Waals surface area contributed by atoms with Crippen LogP contribution < -0.4 is 14.5 Å². The first-order chi connectivity index (χ1) is 15.6. The zero-order valence-electron chi connectivity index (χ0n) is 18.6. The van der Waals surface area contributed by atoms with Gasteiger partial charge in [-0.3, -0.25) is 9.69 Å². The van der Waals surface area contributed by atoms with Crippen molar-refractivity contribution in [1.82, 2.24) is 20.0 Å². The van der Waals surface area contributed by atoms with Crippen molar-refractivity contribution in [2.75, 3.05) is 75.3 Å². The normalized spacial score (nSPS) is 18.5. The molecule has 32 heavy (non-hydrogen) atoms. The highest BCUT2D eigenvalue weighted by Gasteiger charge is 2.27. The van der Waals surface area contributed by atoms with E-state index in [2.05, 4.69) is 24.9 Å². The fourth-order valence-corrected chi connectivity index (χ4v) is 4.16. The third-order valence-corrected chi connectivity index (χ3v) is 6.07. The summed E-state index contributed by atoms with van der Waals surface area (Å²) in [5, 5.41) is 18.0. The lowest BCUT2D eigenvalue weighted by Gasteiger charge is -2.37. The summed E-state index contributed by atoms with van der Waals surface area (Å²) in [5.41, 5.74) is 0. The average molecular weight is 441 g/mol. The number of carbonyl (C=O) groups is 1. The number of para-hydroxylation sites is 1. The molecule has 172 valence electrons. The second kappa shape index (κ2) is 10.6. The highest BCUT2D eigenvalue weighted by Crippen LogP contribution is 2.19. The van der Waals surface area contributed by atoms with Gasteiger partial charge in [0.15, 0.2) is 17.7 Å². The Morgan fingerprint density at radius 2 is 1.47 bits per heavy atom. The first-order valence-electron chi connectivity index (χ1n) is 11.3. The van der Waals surface area contributed by atoms with Crippen LogP contribution in [-0.4, -0.2) is 103 Å². The number of aliphatic hydroxyl groups excluding tert-OH is 1. The summed E-state index contributed by atoms with van der Waals surface area (Å²) in [7, 11) is 0. The number of hydrogen-bond donors (Lipinski definition) is 1. The molecule has 9 nitrogen and oxygen atoms in total. The lowest BCUT2D eigenvalue weighted by Crippen LogP contribution is -2.52. The number of benzene rings is 1. The van der Waals surface area contributed by atoms with Gasteiger partial charge < -0.3 is 24.5 Å². The predicted octanol–water partition coefficient (Wildman–Crippen LogP) is 0.707. The lowest BCUT2D eigenvalue weighted by molar-refractivity contribution is -0.138. The van der Waals surface area contributed by atoms with E-state index in [4.69, 9.17) is 9.84 Å². The number of β-amino-alcohol motifs (C(OH)–C–C–N with tert-alkyl or cyclic N) is 1. The monoisotopic (exact) mass is 440 g/mol. The summed E-state index contributed by atoms with van der Waals surface area (Å²) in [6.07, 6.45) is -0.513. The highest BCUT2D eigenvalue weighted by molar-refractivity contribution is 5.81. The fourth-order valence-electron chi connectivity index (χ4n) is 4.16. The molecule has 9 heteroatoms. The predicted molar refractivity (Wildman–Crippen MR) is 123 cm³/mol. The maximum atomic E-state index is 12.8. The fraction of sp³-hybridized carbons (Fsp3) is 0.522. The van der Waals surface area contributed by atoms with Gasteiger partial charge in [0.1, 0.15) is 5.75 Å². The van der Waals surface area contributed by atoms with Crippen molar-refractivity contribution in [2.24, 2.45) is 0 Å². The summed E-state index contributed by atoms with van der Waals surface area (Å²) >= 11 is 0. The van der Waals surface area contributed by atoms with E-state index >= 15 is 0 Å². The quantitative estimate of drug-likeness (QED) is 0.674. The topological polar surface area (TPSA) is 85.3 Å². The second-order valence-corrected chi connectivity index (χ2v) is 8.19. The van der Waals surface area contributed by atoms with Gasteiger partial charge in [-0.2, -0.15) is 0 Å². The van der Waals surface area contributed by atoms with E-state index in [1.54, 1.807) is 6.92 Å². The van der Waals surface area contributed by atoms with E-state index in [9.17, 15) is 4.79 Å². The van der Waals surface area contributed by atoms with Crippen LogP contribution >= 0.6 is 0 Å². The first-order valence-corrected chi connectivity index (χ1v) is 11.3. The third-order valence-electron chi connectivity index (χ3n) is 6.07. The van der Waals surface area contributed by atoms with Crippen LogP contribution in [0.4, 0.5) is 11.6 Å². The van der Waals surface area contributed by atoms with Crippen molar-refractivity contribution in [3.63, 3.8) is 0 Å². The first kappa shape index (κ1) is 22.3. The van der Waals surface area contributed by atoms with Crippen LogP contribution in [0.15, 0.2) is 42.5 Å². The van der Waals surface area contributed by atoms with E-state index in [1.807, 2.05) is 47.4 Å². The van der Waals surface area contributed by atoms with Crippen LogP contribution in [0.25, 0.3) is 0 Å². The summed E-state index contributed by atoms with van der Waals surface area (Å²) in [6.45, 7) is 9.06. The van der Waals surface area contributed by atoms with E-state index in [-0.39, 0.29) is 12.5 Å². The Balaban J connectivity index is 1.25. The number of hydrogen-bond acceptors (Lipinski definition) is 8. The minimum absolute atomic E-state index is 0.00951. The molecule has 1 N–H and O–H groups in total. The number of anilines is 2. The number of piperazine rings is 2. The maximum absolute atomic E-state index is 12.8. The molecule has 1 unspecified atom stereocenters. The van der Waals surface area contributed by atoms with Crippen LogP contribution in [0.5, 0.6) is 5.75 Å². The molecule has 0 saturated carbocycles. The molecule has 1 aromatic carbocycles. The van der Waals surface area contributed by atoms with Gasteiger partial charge in [-0.05, 0) is 31.2 Å². The molecular formula is C23H32N6O3. The van der Waals surface area contributed by atoms with Gasteiger partial charge in [0.2, 0.25) is 0 Å². The molecule has 0 spiro atoms. The van der Waals surface area contributed by atoms with Gasteiger partial charge in [-0.15, -0.1) is 10.2 Å². The molecule has 0 radical (unpaired) electrons. The van der Waals surface area contributed by atoms with Gasteiger partial charge >= 0.3 is 0 Å². The second-order valence-electron chi connectivity index (χ2n) is 8.19. The minimum Gasteiger partial charge on any atom is -0.481 e. The minimum atomic E-state index is -0.513. The van der Waals surface area contributed by atoms with Crippen LogP contribution in [0.2, 0.25) is 0 Å². The van der Waals surface area contributed by atoms with Gasteiger partial charge in [0, 0.05) is 58.9 Å². The Labute approximate surface area is 189 Å². The zero-order chi connectivity index (χ0) is 22.3. The molecular weight excluding hydrogens is 408 g/mol. The Bertz CT molecular complexity index is 850. The lowest BCUT2D eigenvalue weighted by atomic mass is 10.2. The number of aromatic nitrogens is 2. The molecule has 2 aliphatic heterocycles. The van der Waals surface area contributed by atoms with Gasteiger partial charge in [0.25, 0.3) is 5.91 Å². The Morgan fingerprint density at radius 1 is 0.906 bits per heavy atom. The zero-order valence-corrected chi connectivity index (χ0v) is 18.6. The summed E-state index contributed by atoms with van der Waals surface area (Å²) in [5.74, 6) is 2.44. The molecule has 3 heterocycles. The van der Waals surface area contributed by atoms with Crippen molar-refractivity contribution >= 4 is 17.5 Å². The molecule has 1 amide bonds. The molecule has 0 aliphatic carbocycles. The summed E-state index contributed by atoms with van der Waals surface area (Å²) in [6, 6.07) is 13.5. The van der Waals surface area contributed by atoms with Crippen molar-refractivity contribution in [3.8, 4) is 5.75 Å². The summed E-state index contributed by atoms with van der Waals surface area (Å²) < 4.78 is 5.78. The van der Waals surface area contributed by atoms with Gasteiger partial charge in [0.05, 0.1) is 6.61 Å². The number of aliphatic hydroxyl groups is 1. The van der Waals surface area contributed by atoms with Crippen LogP contribution in [-0.2, 0) is 4.79 Å². The SMILES string of the molecule is CC(Oc1ccccc1)C(=O)N1CCN(c2ccc(N3CCN(CCO)CC3)nn2)CC1. The van der Waals surface area contributed by atoms with E-state index < -0.39 is 6.10 Å². The number of rotatable bonds is 7. The average Bonchev–Trinajstić information content (AvgIpc) is 2.85. The van der Waals surface area contributed by atoms with Crippen LogP contribution in [0.3, 0.4) is 0 Å². The standard InChI is InChI=1S/C23H32N6O3/c1-19(32-20-5-3-2-4-6-20)23(31)29-15-13-28(14-16-29)22-8-7-21(24-25-22)27-11-9-26(10-12-27)17-18-30/h2-8,19,30H,9-18H2,1H3. The highest BCUT2D eigenvalue weighted by atomic mass is 16.5. The molecule has 0 bridgehead atoms. The van der Waals surface area contributed by atoms with Crippen LogP contribution in [0, 0.1) is 0 Å². The van der Waals surface area contributed by atoms with Crippen LogP contribution in [0.1, 0.15) is 6.92 Å². The molecule has 2 fully saturated rings. The molecule has 4 rings (SSSR count). The molecule has 1 atom stereocenters. The van der Waals surface area contributed by atoms with E-state index in [0.717, 1.165) is 57.4 Å². The smallest absolute Gasteiger partial charge is 0.263 e. The maximum Gasteiger partial charge on any atom is 0.263 e. The van der Waals surface area contributed by atoms with E-state index in [0.29, 0.717) is 18.8 Å². The molecule has 2 saturated heterocycles. The van der Waals surface area contributed by atoms with Gasteiger partial charge in [-0.25, -0.2) is 0 Å². The Kier molecular flexibility index (Phi) is 7.39. The molecule has 2 aromatic rings. The Hall–Kier alpha value is -2.91. The molecule has 1 aromatic heterocycles. The largest absolute Gasteiger partial charge is 0.481 e. The number of nitrogens with zero attached hydrogens (tertiary/aromatic N) is 6. The number of amides is 1. The molecule has 2 aliphatic rings. The van der Waals surface area contributed by atoms with Crippen molar-refractivity contribution in [2.45, 2.75) is 13.0 Å². The Morgan fingerprint density at radius 3 is 2.00 bits per heavy atom.